The van der Waals surface area contributed by atoms with Crippen molar-refractivity contribution < 1.29 is 9.66 Å². The van der Waals surface area contributed by atoms with Crippen LogP contribution in [0.15, 0.2) is 30.5 Å². The molecular formula is C12H13N3O3. The highest BCUT2D eigenvalue weighted by Gasteiger charge is 2.14. The van der Waals surface area contributed by atoms with Crippen molar-refractivity contribution in [2.75, 3.05) is 31.3 Å². The topological polar surface area (TPSA) is 60.5 Å². The summed E-state index contributed by atoms with van der Waals surface area (Å²) in [5.74, 6) is 0. The zero-order chi connectivity index (χ0) is 12.5. The maximum Gasteiger partial charge on any atom is 0.270 e. The number of fused-ring (bicyclic) bond motifs is 1. The Morgan fingerprint density at radius 3 is 2.72 bits per heavy atom. The second kappa shape index (κ2) is 4.30. The summed E-state index contributed by atoms with van der Waals surface area (Å²) in [6.45, 7) is 3.10. The van der Waals surface area contributed by atoms with E-state index in [1.54, 1.807) is 18.2 Å². The Morgan fingerprint density at radius 2 is 2.00 bits per heavy atom. The van der Waals surface area contributed by atoms with E-state index in [9.17, 15) is 10.1 Å². The van der Waals surface area contributed by atoms with E-state index in [2.05, 4.69) is 5.01 Å². The van der Waals surface area contributed by atoms with Crippen molar-refractivity contribution in [2.24, 2.45) is 0 Å². The van der Waals surface area contributed by atoms with E-state index in [1.165, 1.54) is 0 Å². The highest BCUT2D eigenvalue weighted by molar-refractivity contribution is 5.82. The van der Waals surface area contributed by atoms with E-state index < -0.39 is 0 Å². The first-order valence-corrected chi connectivity index (χ1v) is 5.84. The number of morpholine rings is 1. The number of nitro groups is 1. The molecule has 1 aromatic carbocycles. The largest absolute Gasteiger partial charge is 0.378 e. The van der Waals surface area contributed by atoms with Crippen LogP contribution < -0.4 is 5.01 Å². The van der Waals surface area contributed by atoms with Crippen molar-refractivity contribution >= 4 is 16.6 Å². The Balaban J connectivity index is 2.01. The number of hydrogen-bond acceptors (Lipinski definition) is 4. The van der Waals surface area contributed by atoms with Gasteiger partial charge in [-0.25, -0.2) is 0 Å². The van der Waals surface area contributed by atoms with E-state index >= 15 is 0 Å². The summed E-state index contributed by atoms with van der Waals surface area (Å²) in [6.07, 6.45) is 1.94. The molecule has 2 aromatic rings. The van der Waals surface area contributed by atoms with Gasteiger partial charge >= 0.3 is 0 Å². The fourth-order valence-corrected chi connectivity index (χ4v) is 2.24. The lowest BCUT2D eigenvalue weighted by molar-refractivity contribution is -0.384. The summed E-state index contributed by atoms with van der Waals surface area (Å²) in [5.41, 5.74) is 1.12. The molecule has 0 spiro atoms. The van der Waals surface area contributed by atoms with Crippen molar-refractivity contribution in [2.45, 2.75) is 0 Å². The van der Waals surface area contributed by atoms with Crippen LogP contribution in [0.4, 0.5) is 5.69 Å². The van der Waals surface area contributed by atoms with Gasteiger partial charge in [-0.3, -0.25) is 14.8 Å². The fourth-order valence-electron chi connectivity index (χ4n) is 2.24. The number of non-ortho nitro benzene ring substituents is 1. The molecule has 18 heavy (non-hydrogen) atoms. The molecule has 0 bridgehead atoms. The summed E-state index contributed by atoms with van der Waals surface area (Å²) >= 11 is 0. The molecule has 1 aliphatic rings. The third kappa shape index (κ3) is 1.80. The van der Waals surface area contributed by atoms with Gasteiger partial charge in [-0.1, -0.05) is 0 Å². The third-order valence-corrected chi connectivity index (χ3v) is 3.16. The predicted octanol–water partition coefficient (Wildman–Crippen LogP) is 1.52. The average molecular weight is 247 g/mol. The van der Waals surface area contributed by atoms with Crippen LogP contribution in [0.25, 0.3) is 10.9 Å². The molecule has 1 saturated heterocycles. The minimum Gasteiger partial charge on any atom is -0.378 e. The van der Waals surface area contributed by atoms with E-state index in [4.69, 9.17) is 4.74 Å². The second-order valence-corrected chi connectivity index (χ2v) is 4.23. The molecule has 0 radical (unpaired) electrons. The fraction of sp³-hybridized carbons (Fsp3) is 0.333. The Hall–Kier alpha value is -2.08. The van der Waals surface area contributed by atoms with Crippen LogP contribution in [0, 0.1) is 10.1 Å². The van der Waals surface area contributed by atoms with Crippen molar-refractivity contribution in [1.82, 2.24) is 4.68 Å². The zero-order valence-corrected chi connectivity index (χ0v) is 9.78. The van der Waals surface area contributed by atoms with E-state index in [0.717, 1.165) is 24.0 Å². The summed E-state index contributed by atoms with van der Waals surface area (Å²) in [5, 5.41) is 13.8. The second-order valence-electron chi connectivity index (χ2n) is 4.23. The minimum atomic E-state index is -0.370. The van der Waals surface area contributed by atoms with Crippen LogP contribution in [0.3, 0.4) is 0 Å². The summed E-state index contributed by atoms with van der Waals surface area (Å²) in [4.78, 5) is 10.4. The molecule has 0 saturated carbocycles. The third-order valence-electron chi connectivity index (χ3n) is 3.16. The van der Waals surface area contributed by atoms with Gasteiger partial charge in [0.25, 0.3) is 5.69 Å². The SMILES string of the molecule is O=[N+]([O-])c1ccc2c(ccn2N2CCOCC2)c1. The molecule has 0 amide bonds. The quantitative estimate of drug-likeness (QED) is 0.596. The average Bonchev–Trinajstić information content (AvgIpc) is 2.82. The number of nitrogens with zero attached hydrogens (tertiary/aromatic N) is 3. The first-order chi connectivity index (χ1) is 8.75. The van der Waals surface area contributed by atoms with Crippen LogP contribution in [0.2, 0.25) is 0 Å². The lowest BCUT2D eigenvalue weighted by Crippen LogP contribution is -2.43. The predicted molar refractivity (Wildman–Crippen MR) is 67.4 cm³/mol. The Kier molecular flexibility index (Phi) is 2.64. The summed E-state index contributed by atoms with van der Waals surface area (Å²) in [6, 6.07) is 6.84. The number of nitro benzene ring substituents is 1. The molecule has 3 rings (SSSR count). The van der Waals surface area contributed by atoms with Gasteiger partial charge in [-0.05, 0) is 12.1 Å². The molecule has 0 atom stereocenters. The summed E-state index contributed by atoms with van der Waals surface area (Å²) < 4.78 is 7.36. The monoisotopic (exact) mass is 247 g/mol. The molecule has 1 aromatic heterocycles. The Labute approximate surface area is 103 Å². The van der Waals surface area contributed by atoms with E-state index in [-0.39, 0.29) is 10.6 Å². The highest BCUT2D eigenvalue weighted by Crippen LogP contribution is 2.22. The molecule has 1 aliphatic heterocycles. The normalized spacial score (nSPS) is 16.1. The molecule has 0 aliphatic carbocycles. The lowest BCUT2D eigenvalue weighted by Gasteiger charge is -2.30. The van der Waals surface area contributed by atoms with Crippen LogP contribution in [-0.4, -0.2) is 35.9 Å². The van der Waals surface area contributed by atoms with Crippen LogP contribution in [-0.2, 0) is 4.74 Å². The number of hydrogen-bond donors (Lipinski definition) is 0. The number of ether oxygens (including phenoxy) is 1. The van der Waals surface area contributed by atoms with E-state index in [0.29, 0.717) is 13.2 Å². The highest BCUT2D eigenvalue weighted by atomic mass is 16.6. The van der Waals surface area contributed by atoms with Crippen molar-refractivity contribution in [3.8, 4) is 0 Å². The number of aromatic nitrogens is 1. The Morgan fingerprint density at radius 1 is 1.22 bits per heavy atom. The van der Waals surface area contributed by atoms with Gasteiger partial charge in [0.05, 0.1) is 36.7 Å². The van der Waals surface area contributed by atoms with Crippen molar-refractivity contribution in [3.63, 3.8) is 0 Å². The molecule has 94 valence electrons. The maximum atomic E-state index is 10.7. The molecule has 6 heteroatoms. The first kappa shape index (κ1) is 11.0. The number of benzene rings is 1. The standard InChI is InChI=1S/C12H13N3O3/c16-15(17)11-1-2-12-10(9-11)3-4-14(12)13-5-7-18-8-6-13/h1-4,9H,5-8H2. The van der Waals surface area contributed by atoms with Gasteiger partial charge in [-0.15, -0.1) is 0 Å². The molecule has 6 nitrogen and oxygen atoms in total. The van der Waals surface area contributed by atoms with Crippen molar-refractivity contribution in [1.29, 1.82) is 0 Å². The zero-order valence-electron chi connectivity index (χ0n) is 9.78. The smallest absolute Gasteiger partial charge is 0.270 e. The van der Waals surface area contributed by atoms with Gasteiger partial charge in [0, 0.05) is 23.7 Å². The van der Waals surface area contributed by atoms with Gasteiger partial charge in [0.1, 0.15) is 0 Å². The number of rotatable bonds is 2. The van der Waals surface area contributed by atoms with Gasteiger partial charge < -0.3 is 9.75 Å². The molecule has 0 N–H and O–H groups in total. The lowest BCUT2D eigenvalue weighted by atomic mass is 10.2. The van der Waals surface area contributed by atoms with Crippen LogP contribution in [0.5, 0.6) is 0 Å². The van der Waals surface area contributed by atoms with Crippen LogP contribution in [0.1, 0.15) is 0 Å². The maximum absolute atomic E-state index is 10.7. The van der Waals surface area contributed by atoms with Gasteiger partial charge in [-0.2, -0.15) is 0 Å². The van der Waals surface area contributed by atoms with Gasteiger partial charge in [0.2, 0.25) is 0 Å². The van der Waals surface area contributed by atoms with Crippen molar-refractivity contribution in [3.05, 3.63) is 40.6 Å². The minimum absolute atomic E-state index is 0.127. The van der Waals surface area contributed by atoms with Gasteiger partial charge in [0.15, 0.2) is 0 Å². The molecule has 0 unspecified atom stereocenters. The summed E-state index contributed by atoms with van der Waals surface area (Å²) in [7, 11) is 0. The molecule has 2 heterocycles. The Bertz CT molecular complexity index is 587. The van der Waals surface area contributed by atoms with E-state index in [1.807, 2.05) is 16.9 Å². The first-order valence-electron chi connectivity index (χ1n) is 5.84. The molecular weight excluding hydrogens is 234 g/mol. The van der Waals surface area contributed by atoms with Crippen LogP contribution >= 0.6 is 0 Å². The molecule has 1 fully saturated rings.